The van der Waals surface area contributed by atoms with E-state index in [1.807, 2.05) is 18.5 Å². The molecule has 3 nitrogen and oxygen atoms in total. The Labute approximate surface area is 112 Å². The van der Waals surface area contributed by atoms with Crippen molar-refractivity contribution >= 4 is 10.8 Å². The SMILES string of the molecule is Cc1ccc(C)n1NCc1ccc2cnccc2c1. The predicted octanol–water partition coefficient (Wildman–Crippen LogP) is 3.40. The van der Waals surface area contributed by atoms with Gasteiger partial charge in [0.2, 0.25) is 0 Å². The second-order valence-electron chi connectivity index (χ2n) is 4.84. The van der Waals surface area contributed by atoms with E-state index in [2.05, 4.69) is 59.3 Å². The summed E-state index contributed by atoms with van der Waals surface area (Å²) in [5.41, 5.74) is 7.16. The zero-order valence-electron chi connectivity index (χ0n) is 11.2. The number of pyridine rings is 1. The van der Waals surface area contributed by atoms with Gasteiger partial charge in [0.1, 0.15) is 0 Å². The lowest BCUT2D eigenvalue weighted by atomic mass is 10.1. The van der Waals surface area contributed by atoms with Crippen LogP contribution in [0.2, 0.25) is 0 Å². The van der Waals surface area contributed by atoms with Gasteiger partial charge >= 0.3 is 0 Å². The van der Waals surface area contributed by atoms with Crippen molar-refractivity contribution in [2.45, 2.75) is 20.4 Å². The third-order valence-corrected chi connectivity index (χ3v) is 3.42. The molecule has 0 aliphatic carbocycles. The van der Waals surface area contributed by atoms with Crippen LogP contribution < -0.4 is 5.43 Å². The Hall–Kier alpha value is -2.29. The van der Waals surface area contributed by atoms with E-state index in [1.54, 1.807) is 0 Å². The Balaban J connectivity index is 1.82. The largest absolute Gasteiger partial charge is 0.322 e. The van der Waals surface area contributed by atoms with Crippen LogP contribution >= 0.6 is 0 Å². The van der Waals surface area contributed by atoms with Crippen LogP contribution in [0.4, 0.5) is 0 Å². The number of hydrogen-bond donors (Lipinski definition) is 1. The fraction of sp³-hybridized carbons (Fsp3) is 0.188. The van der Waals surface area contributed by atoms with Crippen molar-refractivity contribution in [2.75, 3.05) is 5.43 Å². The van der Waals surface area contributed by atoms with E-state index in [1.165, 1.54) is 27.7 Å². The molecule has 0 bridgehead atoms. The second kappa shape index (κ2) is 4.76. The minimum Gasteiger partial charge on any atom is -0.322 e. The number of rotatable bonds is 3. The van der Waals surface area contributed by atoms with E-state index in [4.69, 9.17) is 0 Å². The predicted molar refractivity (Wildman–Crippen MR) is 78.7 cm³/mol. The zero-order valence-corrected chi connectivity index (χ0v) is 11.2. The fourth-order valence-corrected chi connectivity index (χ4v) is 2.33. The quantitative estimate of drug-likeness (QED) is 0.773. The number of fused-ring (bicyclic) bond motifs is 1. The van der Waals surface area contributed by atoms with E-state index in [0.29, 0.717) is 0 Å². The molecule has 0 fully saturated rings. The van der Waals surface area contributed by atoms with Gasteiger partial charge in [0.25, 0.3) is 0 Å². The summed E-state index contributed by atoms with van der Waals surface area (Å²) in [5.74, 6) is 0. The summed E-state index contributed by atoms with van der Waals surface area (Å²) in [6.07, 6.45) is 3.73. The molecule has 3 aromatic rings. The summed E-state index contributed by atoms with van der Waals surface area (Å²) in [6, 6.07) is 12.8. The van der Waals surface area contributed by atoms with E-state index >= 15 is 0 Å². The number of nitrogens with one attached hydrogen (secondary N) is 1. The van der Waals surface area contributed by atoms with E-state index < -0.39 is 0 Å². The summed E-state index contributed by atoms with van der Waals surface area (Å²) in [4.78, 5) is 4.13. The summed E-state index contributed by atoms with van der Waals surface area (Å²) in [7, 11) is 0. The highest BCUT2D eigenvalue weighted by molar-refractivity contribution is 5.82. The highest BCUT2D eigenvalue weighted by atomic mass is 15.4. The lowest BCUT2D eigenvalue weighted by molar-refractivity contribution is 0.792. The lowest BCUT2D eigenvalue weighted by Gasteiger charge is -2.13. The molecule has 0 aliphatic heterocycles. The number of nitrogens with zero attached hydrogens (tertiary/aromatic N) is 2. The summed E-state index contributed by atoms with van der Waals surface area (Å²) < 4.78 is 2.12. The molecule has 1 aromatic carbocycles. The fourth-order valence-electron chi connectivity index (χ4n) is 2.33. The molecule has 0 aliphatic rings. The molecule has 0 radical (unpaired) electrons. The van der Waals surface area contributed by atoms with Crippen LogP contribution in [-0.2, 0) is 6.54 Å². The molecular formula is C16H17N3. The van der Waals surface area contributed by atoms with Crippen molar-refractivity contribution in [2.24, 2.45) is 0 Å². The first-order chi connectivity index (χ1) is 9.24. The van der Waals surface area contributed by atoms with Gasteiger partial charge < -0.3 is 5.43 Å². The first kappa shape index (κ1) is 11.8. The molecule has 0 saturated carbocycles. The Morgan fingerprint density at radius 1 is 1.00 bits per heavy atom. The third-order valence-electron chi connectivity index (χ3n) is 3.42. The van der Waals surface area contributed by atoms with Gasteiger partial charge in [0.05, 0.1) is 6.54 Å². The molecular weight excluding hydrogens is 234 g/mol. The first-order valence-electron chi connectivity index (χ1n) is 6.45. The monoisotopic (exact) mass is 251 g/mol. The summed E-state index contributed by atoms with van der Waals surface area (Å²) in [6.45, 7) is 5.02. The first-order valence-corrected chi connectivity index (χ1v) is 6.45. The van der Waals surface area contributed by atoms with E-state index in [9.17, 15) is 0 Å². The Morgan fingerprint density at radius 3 is 2.58 bits per heavy atom. The Kier molecular flexibility index (Phi) is 2.95. The average molecular weight is 251 g/mol. The highest BCUT2D eigenvalue weighted by Gasteiger charge is 2.01. The Morgan fingerprint density at radius 2 is 1.79 bits per heavy atom. The van der Waals surface area contributed by atoms with E-state index in [-0.39, 0.29) is 0 Å². The molecule has 0 amide bonds. The van der Waals surface area contributed by atoms with Gasteiger partial charge in [0, 0.05) is 29.2 Å². The molecule has 3 rings (SSSR count). The maximum atomic E-state index is 4.13. The van der Waals surface area contributed by atoms with Gasteiger partial charge in [-0.15, -0.1) is 0 Å². The molecule has 0 spiro atoms. The third kappa shape index (κ3) is 2.32. The molecule has 2 aromatic heterocycles. The van der Waals surface area contributed by atoms with Crippen molar-refractivity contribution in [3.63, 3.8) is 0 Å². The second-order valence-corrected chi connectivity index (χ2v) is 4.84. The van der Waals surface area contributed by atoms with Gasteiger partial charge in [-0.1, -0.05) is 12.1 Å². The molecule has 96 valence electrons. The molecule has 19 heavy (non-hydrogen) atoms. The normalized spacial score (nSPS) is 10.8. The molecule has 2 heterocycles. The van der Waals surface area contributed by atoms with Gasteiger partial charge in [-0.2, -0.15) is 0 Å². The van der Waals surface area contributed by atoms with Crippen LogP contribution in [-0.4, -0.2) is 9.66 Å². The Bertz CT molecular complexity index is 693. The van der Waals surface area contributed by atoms with Crippen LogP contribution in [0, 0.1) is 13.8 Å². The minimum absolute atomic E-state index is 0.814. The van der Waals surface area contributed by atoms with Crippen molar-refractivity contribution < 1.29 is 0 Å². The maximum Gasteiger partial charge on any atom is 0.0564 e. The van der Waals surface area contributed by atoms with Crippen LogP contribution in [0.15, 0.2) is 48.8 Å². The minimum atomic E-state index is 0.814. The van der Waals surface area contributed by atoms with Gasteiger partial charge in [-0.05, 0) is 49.1 Å². The lowest BCUT2D eigenvalue weighted by Crippen LogP contribution is -2.16. The van der Waals surface area contributed by atoms with Crippen molar-refractivity contribution in [3.05, 3.63) is 65.7 Å². The van der Waals surface area contributed by atoms with Crippen LogP contribution in [0.25, 0.3) is 10.8 Å². The smallest absolute Gasteiger partial charge is 0.0564 e. The molecule has 3 heteroatoms. The highest BCUT2D eigenvalue weighted by Crippen LogP contribution is 2.15. The van der Waals surface area contributed by atoms with E-state index in [0.717, 1.165) is 6.54 Å². The van der Waals surface area contributed by atoms with Crippen molar-refractivity contribution in [3.8, 4) is 0 Å². The standard InChI is InChI=1S/C16H17N3/c1-12-3-4-13(2)19(12)18-10-14-5-6-16-11-17-8-7-15(16)9-14/h3-9,11,18H,10H2,1-2H3. The summed E-state index contributed by atoms with van der Waals surface area (Å²) in [5, 5.41) is 2.41. The number of benzene rings is 1. The summed E-state index contributed by atoms with van der Waals surface area (Å²) >= 11 is 0. The zero-order chi connectivity index (χ0) is 13.2. The number of aromatic nitrogens is 2. The van der Waals surface area contributed by atoms with Crippen LogP contribution in [0.3, 0.4) is 0 Å². The maximum absolute atomic E-state index is 4.13. The van der Waals surface area contributed by atoms with Crippen LogP contribution in [0.1, 0.15) is 17.0 Å². The molecule has 0 unspecified atom stereocenters. The molecule has 1 N–H and O–H groups in total. The number of aryl methyl sites for hydroxylation is 2. The number of hydrogen-bond acceptors (Lipinski definition) is 2. The molecule has 0 saturated heterocycles. The average Bonchev–Trinajstić information content (AvgIpc) is 2.76. The van der Waals surface area contributed by atoms with Crippen molar-refractivity contribution in [1.29, 1.82) is 0 Å². The van der Waals surface area contributed by atoms with Crippen molar-refractivity contribution in [1.82, 2.24) is 9.66 Å². The molecule has 0 atom stereocenters. The van der Waals surface area contributed by atoms with Gasteiger partial charge in [-0.3, -0.25) is 9.66 Å². The van der Waals surface area contributed by atoms with Crippen LogP contribution in [0.5, 0.6) is 0 Å². The topological polar surface area (TPSA) is 29.9 Å². The van der Waals surface area contributed by atoms with Gasteiger partial charge in [-0.25, -0.2) is 0 Å². The van der Waals surface area contributed by atoms with Gasteiger partial charge in [0.15, 0.2) is 0 Å².